The fourth-order valence-electron chi connectivity index (χ4n) is 6.53. The van der Waals surface area contributed by atoms with Gasteiger partial charge in [-0.1, -0.05) is 25.8 Å². The minimum Gasteiger partial charge on any atom is -0.508 e. The van der Waals surface area contributed by atoms with Crippen molar-refractivity contribution in [3.8, 4) is 5.75 Å². The molecule has 0 spiro atoms. The molecule has 3 aliphatic rings. The van der Waals surface area contributed by atoms with Crippen LogP contribution in [0.4, 0.5) is 0 Å². The topological polar surface area (TPSA) is 98.8 Å². The largest absolute Gasteiger partial charge is 0.508 e. The molecule has 2 aliphatic carbocycles. The fraction of sp³-hybridized carbons (Fsp3) is 0.741. The first kappa shape index (κ1) is 24.5. The number of carboxylic acid groups (broad SMARTS) is 1. The summed E-state index contributed by atoms with van der Waals surface area (Å²) in [5.41, 5.74) is 8.45. The van der Waals surface area contributed by atoms with Crippen LogP contribution in [0.1, 0.15) is 75.8 Å². The first-order chi connectivity index (χ1) is 15.9. The number of hydrogen-bond acceptors (Lipinski definition) is 5. The summed E-state index contributed by atoms with van der Waals surface area (Å²) in [6.07, 6.45) is 10.5. The molecule has 0 aromatic heterocycles. The lowest BCUT2D eigenvalue weighted by Gasteiger charge is -2.56. The van der Waals surface area contributed by atoms with Gasteiger partial charge in [-0.3, -0.25) is 9.69 Å². The number of fused-ring (bicyclic) bond motifs is 4. The molecule has 1 saturated carbocycles. The molecule has 2 fully saturated rings. The molecule has 0 unspecified atom stereocenters. The molecule has 6 nitrogen and oxygen atoms in total. The molecule has 2 bridgehead atoms. The van der Waals surface area contributed by atoms with E-state index in [0.717, 1.165) is 64.0 Å². The number of nitrogens with one attached hydrogen (secondary N) is 1. The van der Waals surface area contributed by atoms with Crippen molar-refractivity contribution in [3.63, 3.8) is 0 Å². The van der Waals surface area contributed by atoms with Crippen LogP contribution in [0.3, 0.4) is 0 Å². The average molecular weight is 458 g/mol. The second kappa shape index (κ2) is 10.7. The second-order valence-electron chi connectivity index (χ2n) is 10.8. The molecule has 1 aromatic carbocycles. The number of unbranched alkanes of at least 4 members (excludes halogenated alkanes) is 2. The molecule has 1 saturated heterocycles. The van der Waals surface area contributed by atoms with Crippen molar-refractivity contribution in [2.75, 3.05) is 26.2 Å². The third-order valence-electron chi connectivity index (χ3n) is 8.70. The van der Waals surface area contributed by atoms with Gasteiger partial charge >= 0.3 is 5.97 Å². The van der Waals surface area contributed by atoms with Crippen molar-refractivity contribution in [2.24, 2.45) is 17.6 Å². The van der Waals surface area contributed by atoms with Crippen molar-refractivity contribution in [3.05, 3.63) is 29.3 Å². The summed E-state index contributed by atoms with van der Waals surface area (Å²) in [7, 11) is 0. The highest BCUT2D eigenvalue weighted by Crippen LogP contribution is 2.52. The molecule has 4 atom stereocenters. The van der Waals surface area contributed by atoms with E-state index < -0.39 is 12.0 Å². The number of nitrogens with zero attached hydrogens (tertiary/aromatic N) is 1. The lowest BCUT2D eigenvalue weighted by atomic mass is 9.56. The number of hydrogen-bond donors (Lipinski definition) is 4. The second-order valence-corrected chi connectivity index (χ2v) is 10.8. The van der Waals surface area contributed by atoms with E-state index in [4.69, 9.17) is 5.73 Å². The minimum atomic E-state index is -0.762. The van der Waals surface area contributed by atoms with Gasteiger partial charge in [0.2, 0.25) is 0 Å². The number of benzene rings is 1. The number of carboxylic acids is 1. The van der Waals surface area contributed by atoms with Gasteiger partial charge < -0.3 is 21.3 Å². The third-order valence-corrected chi connectivity index (χ3v) is 8.70. The highest BCUT2D eigenvalue weighted by Gasteiger charge is 2.51. The summed E-state index contributed by atoms with van der Waals surface area (Å²) in [6, 6.07) is 6.16. The maximum atomic E-state index is 11.5. The first-order valence-corrected chi connectivity index (χ1v) is 13.2. The van der Waals surface area contributed by atoms with Crippen molar-refractivity contribution in [1.82, 2.24) is 10.2 Å². The predicted octanol–water partition coefficient (Wildman–Crippen LogP) is 3.65. The Bertz CT molecular complexity index is 812. The summed E-state index contributed by atoms with van der Waals surface area (Å²) >= 11 is 0. The average Bonchev–Trinajstić information content (AvgIpc) is 3.60. The van der Waals surface area contributed by atoms with Gasteiger partial charge in [-0.05, 0) is 106 Å². The van der Waals surface area contributed by atoms with Crippen LogP contribution in [0.5, 0.6) is 5.75 Å². The summed E-state index contributed by atoms with van der Waals surface area (Å²) in [4.78, 5) is 14.3. The summed E-state index contributed by atoms with van der Waals surface area (Å²) < 4.78 is 0. The summed E-state index contributed by atoms with van der Waals surface area (Å²) in [5, 5.41) is 23.0. The Kier molecular flexibility index (Phi) is 7.98. The van der Waals surface area contributed by atoms with E-state index in [-0.39, 0.29) is 5.41 Å². The molecular formula is C27H43N3O3. The predicted molar refractivity (Wildman–Crippen MR) is 132 cm³/mol. The molecule has 4 rings (SSSR count). The lowest BCUT2D eigenvalue weighted by molar-refractivity contribution is -0.139. The lowest BCUT2D eigenvalue weighted by Crippen LogP contribution is -2.59. The third kappa shape index (κ3) is 5.55. The van der Waals surface area contributed by atoms with Crippen LogP contribution in [-0.2, 0) is 16.6 Å². The highest BCUT2D eigenvalue weighted by atomic mass is 16.4. The van der Waals surface area contributed by atoms with Gasteiger partial charge in [0.15, 0.2) is 0 Å². The molecule has 1 aliphatic heterocycles. The molecule has 1 heterocycles. The van der Waals surface area contributed by atoms with Crippen molar-refractivity contribution >= 4 is 5.97 Å². The van der Waals surface area contributed by atoms with Crippen molar-refractivity contribution < 1.29 is 15.0 Å². The Balaban J connectivity index is 1.39. The van der Waals surface area contributed by atoms with Crippen LogP contribution in [-0.4, -0.2) is 59.3 Å². The number of aromatic hydroxyl groups is 1. The zero-order chi connectivity index (χ0) is 23.4. The summed E-state index contributed by atoms with van der Waals surface area (Å²) in [5.74, 6) is 1.09. The molecule has 1 aromatic rings. The van der Waals surface area contributed by atoms with Gasteiger partial charge in [-0.2, -0.15) is 0 Å². The Morgan fingerprint density at radius 3 is 2.82 bits per heavy atom. The zero-order valence-corrected chi connectivity index (χ0v) is 20.3. The van der Waals surface area contributed by atoms with E-state index in [1.54, 1.807) is 0 Å². The van der Waals surface area contributed by atoms with Gasteiger partial charge in [-0.25, -0.2) is 0 Å². The number of piperidine rings is 1. The van der Waals surface area contributed by atoms with Crippen LogP contribution in [0.15, 0.2) is 18.2 Å². The van der Waals surface area contributed by atoms with Gasteiger partial charge in [0, 0.05) is 18.0 Å². The minimum absolute atomic E-state index is 0.115. The number of phenolic OH excluding ortho intramolecular Hbond substituents is 1. The van der Waals surface area contributed by atoms with Crippen LogP contribution >= 0.6 is 0 Å². The van der Waals surface area contributed by atoms with Crippen molar-refractivity contribution in [1.29, 1.82) is 0 Å². The van der Waals surface area contributed by atoms with Crippen LogP contribution < -0.4 is 11.1 Å². The molecule has 33 heavy (non-hydrogen) atoms. The number of aliphatic carboxylic acids is 1. The Morgan fingerprint density at radius 2 is 2.09 bits per heavy atom. The maximum Gasteiger partial charge on any atom is 0.320 e. The van der Waals surface area contributed by atoms with E-state index in [1.807, 2.05) is 12.1 Å². The van der Waals surface area contributed by atoms with Crippen LogP contribution in [0, 0.1) is 11.8 Å². The van der Waals surface area contributed by atoms with Crippen LogP contribution in [0.25, 0.3) is 0 Å². The SMILES string of the molecule is C[C@H]1[C@H]2Cc3ccc(O)cc3[C@@]1(CCCCN[C@@H](CCCCN)C(=O)O)CCN2CC1CC1. The van der Waals surface area contributed by atoms with Gasteiger partial charge in [0.05, 0.1) is 0 Å². The van der Waals surface area contributed by atoms with E-state index in [2.05, 4.69) is 23.2 Å². The molecule has 5 N–H and O–H groups in total. The smallest absolute Gasteiger partial charge is 0.320 e. The Morgan fingerprint density at radius 1 is 1.27 bits per heavy atom. The van der Waals surface area contributed by atoms with Gasteiger partial charge in [0.1, 0.15) is 11.8 Å². The Hall–Kier alpha value is -1.63. The number of rotatable bonds is 13. The Labute approximate surface area is 198 Å². The normalized spacial score (nSPS) is 27.8. The standard InChI is InChI=1S/C27H43N3O3/c1-19-25-16-21-9-10-22(31)17-23(21)27(19,12-15-30(25)18-20-7-8-20)11-3-5-14-29-24(26(32)33)6-2-4-13-28/h9-10,17,19-20,24-25,29,31H,2-8,11-16,18,28H2,1H3,(H,32,33)/t19-,24-,25+,27-/m0/s1. The van der Waals surface area contributed by atoms with Gasteiger partial charge in [0.25, 0.3) is 0 Å². The molecule has 184 valence electrons. The van der Waals surface area contributed by atoms with E-state index in [9.17, 15) is 15.0 Å². The first-order valence-electron chi connectivity index (χ1n) is 13.2. The quantitative estimate of drug-likeness (QED) is 0.338. The number of nitrogens with two attached hydrogens (primary N) is 1. The fourth-order valence-corrected chi connectivity index (χ4v) is 6.53. The van der Waals surface area contributed by atoms with E-state index in [1.165, 1.54) is 30.5 Å². The van der Waals surface area contributed by atoms with E-state index >= 15 is 0 Å². The molecule has 6 heteroatoms. The van der Waals surface area contributed by atoms with Gasteiger partial charge in [-0.15, -0.1) is 0 Å². The molecule has 0 amide bonds. The molecular weight excluding hydrogens is 414 g/mol. The highest BCUT2D eigenvalue weighted by molar-refractivity contribution is 5.73. The number of likely N-dealkylation sites (tertiary alicyclic amines) is 1. The molecule has 0 radical (unpaired) electrons. The maximum absolute atomic E-state index is 11.5. The van der Waals surface area contributed by atoms with Crippen molar-refractivity contribution in [2.45, 2.75) is 88.6 Å². The number of carbonyl (C=O) groups is 1. The summed E-state index contributed by atoms with van der Waals surface area (Å²) in [6.45, 7) is 6.19. The van der Waals surface area contributed by atoms with E-state index in [0.29, 0.717) is 30.7 Å². The zero-order valence-electron chi connectivity index (χ0n) is 20.3. The monoisotopic (exact) mass is 457 g/mol. The number of phenols is 1. The van der Waals surface area contributed by atoms with Crippen LogP contribution in [0.2, 0.25) is 0 Å².